The molecule has 2 amide bonds. The lowest BCUT2D eigenvalue weighted by molar-refractivity contribution is -0.120. The van der Waals surface area contributed by atoms with Gasteiger partial charge in [0.25, 0.3) is 11.8 Å². The molecule has 0 atom stereocenters. The Balaban J connectivity index is 1.67. The minimum Gasteiger partial charge on any atom is -0.378 e. The summed E-state index contributed by atoms with van der Waals surface area (Å²) in [7, 11) is 3.86. The summed E-state index contributed by atoms with van der Waals surface area (Å²) in [5.74, 6) is -0.705. The highest BCUT2D eigenvalue weighted by Gasteiger charge is 2.40. The highest BCUT2D eigenvalue weighted by Crippen LogP contribution is 2.36. The normalized spacial score (nSPS) is 13.7. The van der Waals surface area contributed by atoms with Crippen molar-refractivity contribution >= 4 is 45.2 Å². The second-order valence-electron chi connectivity index (χ2n) is 9.06. The molecule has 4 aromatic carbocycles. The first-order chi connectivity index (χ1) is 16.8. The number of carbonyl (C=O) groups excluding carboxylic acids is 2. The Morgan fingerprint density at radius 2 is 1.49 bits per heavy atom. The van der Waals surface area contributed by atoms with Crippen LogP contribution in [0.3, 0.4) is 0 Å². The van der Waals surface area contributed by atoms with Crippen molar-refractivity contribution in [2.45, 2.75) is 13.8 Å². The molecule has 0 saturated heterocycles. The van der Waals surface area contributed by atoms with Crippen LogP contribution in [0.1, 0.15) is 16.7 Å². The topological polar surface area (TPSA) is 52.7 Å². The third-order valence-corrected chi connectivity index (χ3v) is 6.53. The first kappa shape index (κ1) is 22.4. The van der Waals surface area contributed by atoms with Crippen LogP contribution in [0.2, 0.25) is 0 Å². The van der Waals surface area contributed by atoms with Gasteiger partial charge in [-0.25, -0.2) is 4.90 Å². The van der Waals surface area contributed by atoms with Crippen LogP contribution in [-0.4, -0.2) is 25.9 Å². The van der Waals surface area contributed by atoms with Gasteiger partial charge in [-0.15, -0.1) is 0 Å². The minimum absolute atomic E-state index is 0.282. The van der Waals surface area contributed by atoms with Gasteiger partial charge in [0.15, 0.2) is 0 Å². The number of nitrogens with zero attached hydrogens (tertiary/aromatic N) is 2. The molecule has 1 heterocycles. The van der Waals surface area contributed by atoms with Crippen LogP contribution in [0.25, 0.3) is 16.3 Å². The second-order valence-corrected chi connectivity index (χ2v) is 9.06. The van der Waals surface area contributed by atoms with E-state index in [4.69, 9.17) is 0 Å². The van der Waals surface area contributed by atoms with Crippen molar-refractivity contribution in [1.29, 1.82) is 0 Å². The van der Waals surface area contributed by atoms with Gasteiger partial charge in [-0.3, -0.25) is 9.59 Å². The number of nitrogens with one attached hydrogen (secondary N) is 1. The molecule has 5 rings (SSSR count). The number of carbonyl (C=O) groups is 2. The molecule has 1 N–H and O–H groups in total. The van der Waals surface area contributed by atoms with Crippen molar-refractivity contribution in [2.75, 3.05) is 29.2 Å². The number of anilines is 3. The summed E-state index contributed by atoms with van der Waals surface area (Å²) in [6.45, 7) is 4.04. The quantitative estimate of drug-likeness (QED) is 0.375. The molecular weight excluding hydrogens is 434 g/mol. The SMILES string of the molecule is Cc1ccc(C2=C(Nc3cccc4ccccc34)C(=O)N(c3cccc(N(C)C)c3)C2=O)cc1C. The zero-order valence-corrected chi connectivity index (χ0v) is 20.3. The zero-order chi connectivity index (χ0) is 24.7. The fraction of sp³-hybridized carbons (Fsp3) is 0.133. The molecule has 0 aliphatic carbocycles. The molecule has 0 unspecified atom stereocenters. The number of amides is 2. The van der Waals surface area contributed by atoms with Gasteiger partial charge in [-0.2, -0.15) is 0 Å². The first-order valence-corrected chi connectivity index (χ1v) is 11.6. The predicted molar refractivity (Wildman–Crippen MR) is 144 cm³/mol. The maximum absolute atomic E-state index is 13.9. The zero-order valence-electron chi connectivity index (χ0n) is 20.3. The van der Waals surface area contributed by atoms with Gasteiger partial charge in [-0.1, -0.05) is 60.7 Å². The molecule has 0 saturated carbocycles. The van der Waals surface area contributed by atoms with E-state index in [-0.39, 0.29) is 17.5 Å². The first-order valence-electron chi connectivity index (χ1n) is 11.6. The average Bonchev–Trinajstić information content (AvgIpc) is 3.10. The number of aryl methyl sites for hydroxylation is 2. The van der Waals surface area contributed by atoms with Crippen molar-refractivity contribution in [3.63, 3.8) is 0 Å². The van der Waals surface area contributed by atoms with Crippen LogP contribution in [0, 0.1) is 13.8 Å². The van der Waals surface area contributed by atoms with Crippen LogP contribution in [0.15, 0.2) is 90.6 Å². The Morgan fingerprint density at radius 3 is 2.26 bits per heavy atom. The molecule has 35 heavy (non-hydrogen) atoms. The molecule has 0 fully saturated rings. The molecule has 0 bridgehead atoms. The third kappa shape index (κ3) is 3.95. The highest BCUT2D eigenvalue weighted by atomic mass is 16.2. The lowest BCUT2D eigenvalue weighted by Crippen LogP contribution is -2.32. The maximum atomic E-state index is 13.9. The van der Waals surface area contributed by atoms with E-state index >= 15 is 0 Å². The van der Waals surface area contributed by atoms with Crippen LogP contribution in [0.4, 0.5) is 17.1 Å². The summed E-state index contributed by atoms with van der Waals surface area (Å²) in [5.41, 5.74) is 5.81. The second kappa shape index (κ2) is 8.76. The standard InChI is InChI=1S/C30H27N3O2/c1-19-15-16-22(17-20(19)2)27-28(31-26-14-7-10-21-9-5-6-13-25(21)26)30(35)33(29(27)34)24-12-8-11-23(18-24)32(3)4/h5-18,31H,1-4H3. The Morgan fingerprint density at radius 1 is 0.743 bits per heavy atom. The van der Waals surface area contributed by atoms with E-state index in [1.807, 2.05) is 112 Å². The van der Waals surface area contributed by atoms with Crippen molar-refractivity contribution in [3.8, 4) is 0 Å². The van der Waals surface area contributed by atoms with Crippen molar-refractivity contribution in [1.82, 2.24) is 0 Å². The molecule has 1 aliphatic heterocycles. The van der Waals surface area contributed by atoms with Crippen molar-refractivity contribution in [3.05, 3.63) is 107 Å². The van der Waals surface area contributed by atoms with Gasteiger partial charge in [0, 0.05) is 30.9 Å². The maximum Gasteiger partial charge on any atom is 0.282 e. The molecule has 5 nitrogen and oxygen atoms in total. The number of hydrogen-bond acceptors (Lipinski definition) is 4. The van der Waals surface area contributed by atoms with Gasteiger partial charge >= 0.3 is 0 Å². The lowest BCUT2D eigenvalue weighted by Gasteiger charge is -2.19. The number of benzene rings is 4. The van der Waals surface area contributed by atoms with Gasteiger partial charge in [0.05, 0.1) is 11.3 Å². The third-order valence-electron chi connectivity index (χ3n) is 6.53. The molecule has 5 heteroatoms. The fourth-order valence-electron chi connectivity index (χ4n) is 4.42. The molecular formula is C30H27N3O2. The summed E-state index contributed by atoms with van der Waals surface area (Å²) in [5, 5.41) is 5.38. The summed E-state index contributed by atoms with van der Waals surface area (Å²) in [6, 6.07) is 27.2. The van der Waals surface area contributed by atoms with E-state index in [0.717, 1.165) is 38.8 Å². The van der Waals surface area contributed by atoms with E-state index in [0.29, 0.717) is 11.3 Å². The Bertz CT molecular complexity index is 1510. The Labute approximate surface area is 205 Å². The van der Waals surface area contributed by atoms with Crippen LogP contribution < -0.4 is 15.1 Å². The largest absolute Gasteiger partial charge is 0.378 e. The molecule has 0 spiro atoms. The van der Waals surface area contributed by atoms with E-state index in [1.165, 1.54) is 4.90 Å². The van der Waals surface area contributed by atoms with Gasteiger partial charge in [0.1, 0.15) is 5.70 Å². The summed E-state index contributed by atoms with van der Waals surface area (Å²) in [4.78, 5) is 30.9. The van der Waals surface area contributed by atoms with Crippen molar-refractivity contribution < 1.29 is 9.59 Å². The predicted octanol–water partition coefficient (Wildman–Crippen LogP) is 5.92. The number of imide groups is 1. The molecule has 0 aromatic heterocycles. The summed E-state index contributed by atoms with van der Waals surface area (Å²) < 4.78 is 0. The van der Waals surface area contributed by atoms with Gasteiger partial charge in [0.2, 0.25) is 0 Å². The van der Waals surface area contributed by atoms with Crippen molar-refractivity contribution in [2.24, 2.45) is 0 Å². The van der Waals surface area contributed by atoms with E-state index in [1.54, 1.807) is 6.07 Å². The van der Waals surface area contributed by atoms with Gasteiger partial charge in [-0.05, 0) is 60.2 Å². The summed E-state index contributed by atoms with van der Waals surface area (Å²) >= 11 is 0. The Hall–Kier alpha value is -4.38. The molecule has 0 radical (unpaired) electrons. The fourth-order valence-corrected chi connectivity index (χ4v) is 4.42. The van der Waals surface area contributed by atoms with Gasteiger partial charge < -0.3 is 10.2 Å². The van der Waals surface area contributed by atoms with Crippen LogP contribution >= 0.6 is 0 Å². The molecule has 4 aromatic rings. The highest BCUT2D eigenvalue weighted by molar-refractivity contribution is 6.46. The van der Waals surface area contributed by atoms with Crippen LogP contribution in [-0.2, 0) is 9.59 Å². The monoisotopic (exact) mass is 461 g/mol. The summed E-state index contributed by atoms with van der Waals surface area (Å²) in [6.07, 6.45) is 0. The van der Waals surface area contributed by atoms with E-state index in [2.05, 4.69) is 5.32 Å². The van der Waals surface area contributed by atoms with Crippen LogP contribution in [0.5, 0.6) is 0 Å². The van der Waals surface area contributed by atoms with E-state index in [9.17, 15) is 9.59 Å². The number of hydrogen-bond donors (Lipinski definition) is 1. The van der Waals surface area contributed by atoms with E-state index < -0.39 is 0 Å². The smallest absolute Gasteiger partial charge is 0.282 e. The number of rotatable bonds is 5. The minimum atomic E-state index is -0.368. The molecule has 174 valence electrons. The lowest BCUT2D eigenvalue weighted by atomic mass is 9.99. The molecule has 1 aliphatic rings. The average molecular weight is 462 g/mol. The number of fused-ring (bicyclic) bond motifs is 1. The Kier molecular flexibility index (Phi) is 5.61.